The van der Waals surface area contributed by atoms with Crippen LogP contribution in [-0.2, 0) is 10.2 Å². The van der Waals surface area contributed by atoms with E-state index in [0.717, 1.165) is 11.1 Å². The molecule has 0 spiro atoms. The zero-order valence-electron chi connectivity index (χ0n) is 14.8. The van der Waals surface area contributed by atoms with Crippen molar-refractivity contribution < 1.29 is 19.7 Å². The Bertz CT molecular complexity index is 905. The van der Waals surface area contributed by atoms with Gasteiger partial charge in [0, 0.05) is 22.8 Å². The highest BCUT2D eigenvalue weighted by Crippen LogP contribution is 2.42. The predicted octanol–water partition coefficient (Wildman–Crippen LogP) is 4.17. The third kappa shape index (κ3) is 3.08. The summed E-state index contributed by atoms with van der Waals surface area (Å²) in [6.45, 7) is 3.85. The normalized spacial score (nSPS) is 15.8. The maximum atomic E-state index is 11.4. The van der Waals surface area contributed by atoms with Crippen LogP contribution >= 0.6 is 11.6 Å². The van der Waals surface area contributed by atoms with Gasteiger partial charge in [0.1, 0.15) is 11.7 Å². The van der Waals surface area contributed by atoms with E-state index >= 15 is 0 Å². The molecule has 0 aliphatic carbocycles. The summed E-state index contributed by atoms with van der Waals surface area (Å²) in [6, 6.07) is 9.11. The molecule has 2 aromatic rings. The number of fused-ring (bicyclic) bond motifs is 1. The Morgan fingerprint density at radius 2 is 2.04 bits per heavy atom. The summed E-state index contributed by atoms with van der Waals surface area (Å²) >= 11 is 6.42. The quantitative estimate of drug-likeness (QED) is 0.824. The fourth-order valence-corrected chi connectivity index (χ4v) is 3.36. The number of ether oxygens (including phenoxy) is 1. The van der Waals surface area contributed by atoms with Crippen LogP contribution in [0.2, 0.25) is 5.02 Å². The Hall–Kier alpha value is -2.37. The second-order valence-electron chi connectivity index (χ2n) is 6.94. The van der Waals surface area contributed by atoms with Gasteiger partial charge < -0.3 is 14.9 Å². The summed E-state index contributed by atoms with van der Waals surface area (Å²) in [6.07, 6.45) is 1.42. The maximum absolute atomic E-state index is 11.4. The Balaban J connectivity index is 2.11. The van der Waals surface area contributed by atoms with Gasteiger partial charge in [0.05, 0.1) is 24.4 Å². The van der Waals surface area contributed by atoms with Crippen molar-refractivity contribution in [2.75, 3.05) is 13.7 Å². The van der Waals surface area contributed by atoms with Gasteiger partial charge in [-0.1, -0.05) is 37.6 Å². The van der Waals surface area contributed by atoms with Crippen LogP contribution in [0.5, 0.6) is 5.75 Å². The van der Waals surface area contributed by atoms with Crippen molar-refractivity contribution in [1.82, 2.24) is 0 Å². The Morgan fingerprint density at radius 1 is 1.31 bits per heavy atom. The molecular formula is C20H20ClNO4. The van der Waals surface area contributed by atoms with Crippen molar-refractivity contribution in [3.63, 3.8) is 0 Å². The van der Waals surface area contributed by atoms with Gasteiger partial charge in [0.15, 0.2) is 0 Å². The summed E-state index contributed by atoms with van der Waals surface area (Å²) in [4.78, 5) is 15.6. The van der Waals surface area contributed by atoms with Crippen molar-refractivity contribution in [1.29, 1.82) is 0 Å². The molecule has 0 aromatic heterocycles. The highest BCUT2D eigenvalue weighted by Gasteiger charge is 2.28. The standard InChI is InChI=1S/C20H20ClNO4/c1-20(2,10-23)15-5-4-11(6-18(15)26-3)12-7-13-14(19(24)25)9-22-17(13)8-16(12)21/h4-9,14,23H,10H2,1-3H3,(H,24,25). The minimum atomic E-state index is -0.946. The van der Waals surface area contributed by atoms with Crippen molar-refractivity contribution >= 4 is 29.5 Å². The second kappa shape index (κ2) is 6.74. The number of nitrogens with zero attached hydrogens (tertiary/aromatic N) is 1. The number of carboxylic acid groups (broad SMARTS) is 1. The molecule has 0 radical (unpaired) electrons. The van der Waals surface area contributed by atoms with Crippen molar-refractivity contribution in [3.8, 4) is 16.9 Å². The number of hydrogen-bond acceptors (Lipinski definition) is 4. The van der Waals surface area contributed by atoms with E-state index in [2.05, 4.69) is 4.99 Å². The van der Waals surface area contributed by atoms with Gasteiger partial charge in [-0.3, -0.25) is 9.79 Å². The lowest BCUT2D eigenvalue weighted by Gasteiger charge is -2.25. The van der Waals surface area contributed by atoms with E-state index in [1.54, 1.807) is 19.2 Å². The summed E-state index contributed by atoms with van der Waals surface area (Å²) in [5.41, 5.74) is 3.16. The largest absolute Gasteiger partial charge is 0.496 e. The Labute approximate surface area is 156 Å². The van der Waals surface area contributed by atoms with E-state index in [9.17, 15) is 15.0 Å². The van der Waals surface area contributed by atoms with Gasteiger partial charge in [-0.25, -0.2) is 0 Å². The van der Waals surface area contributed by atoms with Crippen LogP contribution in [0.1, 0.15) is 30.9 Å². The zero-order chi connectivity index (χ0) is 19.1. The molecule has 0 amide bonds. The lowest BCUT2D eigenvalue weighted by Crippen LogP contribution is -2.22. The number of methoxy groups -OCH3 is 1. The van der Waals surface area contributed by atoms with Gasteiger partial charge in [0.25, 0.3) is 0 Å². The van der Waals surface area contributed by atoms with E-state index in [0.29, 0.717) is 27.6 Å². The molecule has 5 nitrogen and oxygen atoms in total. The first-order chi connectivity index (χ1) is 12.3. The number of carboxylic acids is 1. The van der Waals surface area contributed by atoms with Crippen molar-refractivity contribution in [2.45, 2.75) is 25.2 Å². The molecule has 2 aromatic carbocycles. The molecule has 2 N–H and O–H groups in total. The van der Waals surface area contributed by atoms with Crippen molar-refractivity contribution in [2.24, 2.45) is 4.99 Å². The fourth-order valence-electron chi connectivity index (χ4n) is 3.10. The summed E-state index contributed by atoms with van der Waals surface area (Å²) in [7, 11) is 1.58. The minimum Gasteiger partial charge on any atom is -0.496 e. The topological polar surface area (TPSA) is 79.1 Å². The fraction of sp³-hybridized carbons (Fsp3) is 0.300. The van der Waals surface area contributed by atoms with Gasteiger partial charge in [0.2, 0.25) is 0 Å². The number of benzene rings is 2. The highest BCUT2D eigenvalue weighted by atomic mass is 35.5. The smallest absolute Gasteiger partial charge is 0.316 e. The predicted molar refractivity (Wildman–Crippen MR) is 102 cm³/mol. The van der Waals surface area contributed by atoms with E-state index in [1.807, 2.05) is 32.0 Å². The number of aliphatic carboxylic acids is 1. The number of rotatable bonds is 5. The van der Waals surface area contributed by atoms with Crippen LogP contribution in [0.25, 0.3) is 11.1 Å². The summed E-state index contributed by atoms with van der Waals surface area (Å²) in [5.74, 6) is -1.07. The first kappa shape index (κ1) is 18.4. The molecule has 1 aliphatic rings. The average Bonchev–Trinajstić information content (AvgIpc) is 3.03. The molecule has 0 fully saturated rings. The van der Waals surface area contributed by atoms with Crippen LogP contribution in [0, 0.1) is 0 Å². The second-order valence-corrected chi connectivity index (χ2v) is 7.35. The third-order valence-corrected chi connectivity index (χ3v) is 5.03. The molecule has 6 heteroatoms. The lowest BCUT2D eigenvalue weighted by atomic mass is 9.84. The number of aliphatic hydroxyl groups is 1. The third-order valence-electron chi connectivity index (χ3n) is 4.72. The van der Waals surface area contributed by atoms with E-state index < -0.39 is 17.3 Å². The highest BCUT2D eigenvalue weighted by molar-refractivity contribution is 6.33. The van der Waals surface area contributed by atoms with Crippen LogP contribution in [0.3, 0.4) is 0 Å². The SMILES string of the molecule is COc1cc(-c2cc3c(cc2Cl)N=CC3C(=O)O)ccc1C(C)(C)CO. The monoisotopic (exact) mass is 373 g/mol. The molecular weight excluding hydrogens is 354 g/mol. The minimum absolute atomic E-state index is 0.0140. The first-order valence-corrected chi connectivity index (χ1v) is 8.56. The van der Waals surface area contributed by atoms with E-state index in [-0.39, 0.29) is 6.61 Å². The molecule has 1 unspecified atom stereocenters. The molecule has 3 rings (SSSR count). The Morgan fingerprint density at radius 3 is 2.65 bits per heavy atom. The van der Waals surface area contributed by atoms with Gasteiger partial charge >= 0.3 is 5.97 Å². The first-order valence-electron chi connectivity index (χ1n) is 8.18. The molecule has 1 heterocycles. The van der Waals surface area contributed by atoms with E-state index in [4.69, 9.17) is 16.3 Å². The molecule has 0 saturated heterocycles. The molecule has 26 heavy (non-hydrogen) atoms. The number of carbonyl (C=O) groups is 1. The molecule has 1 aliphatic heterocycles. The zero-order valence-corrected chi connectivity index (χ0v) is 15.5. The van der Waals surface area contributed by atoms with Gasteiger partial charge in [-0.2, -0.15) is 0 Å². The Kier molecular flexibility index (Phi) is 4.78. The van der Waals surface area contributed by atoms with E-state index in [1.165, 1.54) is 6.21 Å². The number of halogens is 1. The molecule has 136 valence electrons. The number of aliphatic hydroxyl groups excluding tert-OH is 1. The molecule has 1 atom stereocenters. The molecule has 0 saturated carbocycles. The summed E-state index contributed by atoms with van der Waals surface area (Å²) < 4.78 is 5.51. The molecule has 0 bridgehead atoms. The maximum Gasteiger partial charge on any atom is 0.316 e. The lowest BCUT2D eigenvalue weighted by molar-refractivity contribution is -0.136. The summed E-state index contributed by atoms with van der Waals surface area (Å²) in [5, 5.41) is 19.5. The van der Waals surface area contributed by atoms with Gasteiger partial charge in [-0.05, 0) is 29.3 Å². The number of aliphatic imine (C=N–C) groups is 1. The van der Waals surface area contributed by atoms with Gasteiger partial charge in [-0.15, -0.1) is 0 Å². The van der Waals surface area contributed by atoms with Crippen molar-refractivity contribution in [3.05, 3.63) is 46.5 Å². The van der Waals surface area contributed by atoms with Crippen LogP contribution in [0.4, 0.5) is 5.69 Å². The number of hydrogen-bond donors (Lipinski definition) is 2. The van der Waals surface area contributed by atoms with Crippen LogP contribution in [-0.4, -0.2) is 36.1 Å². The van der Waals surface area contributed by atoms with Crippen LogP contribution in [0.15, 0.2) is 35.3 Å². The average molecular weight is 374 g/mol. The van der Waals surface area contributed by atoms with Crippen LogP contribution < -0.4 is 4.74 Å².